The SMILES string of the molecule is [C-]#[N+]C(=C1C(=C(C#N)c2c(F)c(F)c(C(F)(F)F)c(F)c2Cl)C1=C(C#N)c1c(Cl)c(F)c(C)c(F)c1Cl)c1c(Cl)c(F)c(C(F)(F)F)c(F)c1Cl. The topological polar surface area (TPSA) is 51.9 Å². The molecule has 3 aromatic rings. The number of allylic oxidation sites excluding steroid dienone is 5. The Bertz CT molecular complexity index is 2150. The lowest BCUT2D eigenvalue weighted by molar-refractivity contribution is -0.143. The van der Waals surface area contributed by atoms with Crippen molar-refractivity contribution in [3.8, 4) is 12.1 Å². The first-order valence-electron chi connectivity index (χ1n) is 12.5. The van der Waals surface area contributed by atoms with Gasteiger partial charge in [0.1, 0.15) is 34.9 Å². The number of rotatable bonds is 3. The predicted molar refractivity (Wildman–Crippen MR) is 157 cm³/mol. The first kappa shape index (κ1) is 39.7. The molecule has 3 aromatic carbocycles. The number of alkyl halides is 6. The zero-order valence-corrected chi connectivity index (χ0v) is 27.4. The summed E-state index contributed by atoms with van der Waals surface area (Å²) in [4.78, 5) is 2.88. The fourth-order valence-electron chi connectivity index (χ4n) is 4.78. The van der Waals surface area contributed by atoms with Crippen molar-refractivity contribution < 1.29 is 57.1 Å². The highest BCUT2D eigenvalue weighted by Crippen LogP contribution is 2.60. The number of halogens is 18. The molecule has 264 valence electrons. The summed E-state index contributed by atoms with van der Waals surface area (Å²) in [6, 6.07) is 2.45. The van der Waals surface area contributed by atoms with Crippen LogP contribution in [0.15, 0.2) is 16.7 Å². The highest BCUT2D eigenvalue weighted by atomic mass is 35.5. The number of benzene rings is 3. The second-order valence-electron chi connectivity index (χ2n) is 9.82. The van der Waals surface area contributed by atoms with Crippen LogP contribution in [0.5, 0.6) is 0 Å². The van der Waals surface area contributed by atoms with Gasteiger partial charge in [-0.1, -0.05) is 58.0 Å². The summed E-state index contributed by atoms with van der Waals surface area (Å²) in [5.41, 5.74) is -18.1. The van der Waals surface area contributed by atoms with Crippen molar-refractivity contribution in [3.05, 3.63) is 127 Å². The minimum atomic E-state index is -5.92. The zero-order chi connectivity index (χ0) is 39.0. The normalized spacial score (nSPS) is 16.0. The number of nitriles is 2. The van der Waals surface area contributed by atoms with Gasteiger partial charge in [0, 0.05) is 16.7 Å². The maximum atomic E-state index is 15.3. The Morgan fingerprint density at radius 3 is 1.22 bits per heavy atom. The van der Waals surface area contributed by atoms with E-state index in [9.17, 15) is 63.2 Å². The van der Waals surface area contributed by atoms with Gasteiger partial charge in [0.05, 0.1) is 48.4 Å². The molecule has 0 N–H and O–H groups in total. The standard InChI is InChI=1S/C30H3Cl5F13N3/c1-5-21(36)16(31)10(17(32)22(5)37)6(3-49)8-9(7(4-50)11-18(33)26(41)15(30(46,47)48)27(42)23(11)38)12(8)28(51-2)13-19(34)24(39)14(29(43,44)45)25(40)20(13)35/h1H3. The van der Waals surface area contributed by atoms with Gasteiger partial charge in [-0.15, -0.1) is 0 Å². The van der Waals surface area contributed by atoms with Gasteiger partial charge >= 0.3 is 12.4 Å². The van der Waals surface area contributed by atoms with Crippen molar-refractivity contribution >= 4 is 74.8 Å². The minimum Gasteiger partial charge on any atom is -0.237 e. The molecule has 0 atom stereocenters. The third-order valence-electron chi connectivity index (χ3n) is 7.07. The molecule has 1 saturated carbocycles. The predicted octanol–water partition coefficient (Wildman–Crippen LogP) is 12.9. The van der Waals surface area contributed by atoms with Gasteiger partial charge in [-0.05, 0) is 23.6 Å². The fourth-order valence-corrected chi connectivity index (χ4v) is 6.37. The molecule has 4 rings (SSSR count). The molecule has 21 heteroatoms. The summed E-state index contributed by atoms with van der Waals surface area (Å²) in [6.45, 7) is 8.48. The van der Waals surface area contributed by atoms with Gasteiger partial charge in [-0.2, -0.15) is 36.9 Å². The Balaban J connectivity index is 2.37. The van der Waals surface area contributed by atoms with Crippen LogP contribution in [-0.4, -0.2) is 0 Å². The molecule has 0 aliphatic heterocycles. The van der Waals surface area contributed by atoms with Crippen LogP contribution in [0.4, 0.5) is 57.1 Å². The smallest absolute Gasteiger partial charge is 0.237 e. The molecule has 0 aromatic heterocycles. The summed E-state index contributed by atoms with van der Waals surface area (Å²) >= 11 is 29.1. The van der Waals surface area contributed by atoms with E-state index < -0.39 is 145 Å². The van der Waals surface area contributed by atoms with Gasteiger partial charge in [0.25, 0.3) is 0 Å². The molecule has 0 saturated heterocycles. The van der Waals surface area contributed by atoms with E-state index in [2.05, 4.69) is 4.85 Å². The maximum Gasteiger partial charge on any atom is 0.422 e. The average molecular weight is 830 g/mol. The third kappa shape index (κ3) is 6.15. The molecule has 0 unspecified atom stereocenters. The van der Waals surface area contributed by atoms with Crippen molar-refractivity contribution in [2.45, 2.75) is 19.3 Å². The highest BCUT2D eigenvalue weighted by Gasteiger charge is 2.48. The molecule has 1 aliphatic carbocycles. The van der Waals surface area contributed by atoms with Crippen LogP contribution in [0.1, 0.15) is 33.4 Å². The van der Waals surface area contributed by atoms with E-state index in [1.807, 2.05) is 0 Å². The molecule has 51 heavy (non-hydrogen) atoms. The zero-order valence-electron chi connectivity index (χ0n) is 23.6. The molecule has 1 aliphatic rings. The van der Waals surface area contributed by atoms with Crippen molar-refractivity contribution in [2.75, 3.05) is 0 Å². The summed E-state index contributed by atoms with van der Waals surface area (Å²) in [5.74, 6) is -16.5. The monoisotopic (exact) mass is 827 g/mol. The number of hydrogen-bond acceptors (Lipinski definition) is 2. The lowest BCUT2D eigenvalue weighted by atomic mass is 9.99. The first-order valence-corrected chi connectivity index (χ1v) is 14.4. The Hall–Kier alpha value is -4.11. The summed E-state index contributed by atoms with van der Waals surface area (Å²) in [7, 11) is 0. The second kappa shape index (κ2) is 13.5. The van der Waals surface area contributed by atoms with E-state index in [0.717, 1.165) is 13.0 Å². The van der Waals surface area contributed by atoms with E-state index >= 15 is 4.39 Å². The van der Waals surface area contributed by atoms with E-state index in [0.29, 0.717) is 0 Å². The van der Waals surface area contributed by atoms with Crippen LogP contribution < -0.4 is 0 Å². The lowest BCUT2D eigenvalue weighted by Crippen LogP contribution is -2.15. The van der Waals surface area contributed by atoms with Crippen molar-refractivity contribution in [1.29, 1.82) is 10.5 Å². The van der Waals surface area contributed by atoms with Crippen LogP contribution in [-0.2, 0) is 12.4 Å². The van der Waals surface area contributed by atoms with E-state index in [4.69, 9.17) is 64.6 Å². The molecule has 1 fully saturated rings. The van der Waals surface area contributed by atoms with Crippen LogP contribution in [0.25, 0.3) is 21.7 Å². The van der Waals surface area contributed by atoms with Gasteiger partial charge < -0.3 is 0 Å². The van der Waals surface area contributed by atoms with E-state index in [1.54, 1.807) is 0 Å². The van der Waals surface area contributed by atoms with Gasteiger partial charge in [0.2, 0.25) is 5.70 Å². The molecular weight excluding hydrogens is 827 g/mol. The Morgan fingerprint density at radius 2 is 0.863 bits per heavy atom. The van der Waals surface area contributed by atoms with Crippen LogP contribution in [0.2, 0.25) is 25.1 Å². The maximum absolute atomic E-state index is 15.3. The lowest BCUT2D eigenvalue weighted by Gasteiger charge is -2.15. The minimum absolute atomic E-state index is 0.822. The van der Waals surface area contributed by atoms with E-state index in [1.165, 1.54) is 6.07 Å². The number of nitrogens with zero attached hydrogens (tertiary/aromatic N) is 3. The second-order valence-corrected chi connectivity index (χ2v) is 11.7. The fraction of sp³-hybridized carbons (Fsp3) is 0.100. The molecule has 3 nitrogen and oxygen atoms in total. The van der Waals surface area contributed by atoms with Crippen LogP contribution in [0, 0.1) is 76.9 Å². The largest absolute Gasteiger partial charge is 0.422 e. The summed E-state index contributed by atoms with van der Waals surface area (Å²) < 4.78 is 185. The van der Waals surface area contributed by atoms with Crippen molar-refractivity contribution in [1.82, 2.24) is 0 Å². The van der Waals surface area contributed by atoms with Crippen molar-refractivity contribution in [2.24, 2.45) is 0 Å². The third-order valence-corrected chi connectivity index (χ3v) is 8.85. The summed E-state index contributed by atoms with van der Waals surface area (Å²) in [5, 5.41) is 12.5. The van der Waals surface area contributed by atoms with Crippen molar-refractivity contribution in [3.63, 3.8) is 0 Å². The van der Waals surface area contributed by atoms with Crippen LogP contribution in [0.3, 0.4) is 0 Å². The van der Waals surface area contributed by atoms with Gasteiger partial charge in [-0.25, -0.2) is 35.6 Å². The molecule has 0 spiro atoms. The highest BCUT2D eigenvalue weighted by molar-refractivity contribution is 6.40. The van der Waals surface area contributed by atoms with Crippen LogP contribution >= 0.6 is 58.0 Å². The van der Waals surface area contributed by atoms with E-state index in [-0.39, 0.29) is 0 Å². The number of hydrogen-bond donors (Lipinski definition) is 0. The van der Waals surface area contributed by atoms with Gasteiger partial charge in [0.15, 0.2) is 29.1 Å². The molecule has 0 radical (unpaired) electrons. The summed E-state index contributed by atoms with van der Waals surface area (Å²) in [6.07, 6.45) is -11.7. The Labute approximate surface area is 300 Å². The molecule has 0 amide bonds. The van der Waals surface area contributed by atoms with Gasteiger partial charge in [-0.3, -0.25) is 0 Å². The Kier molecular flexibility index (Phi) is 10.5. The molecule has 0 bridgehead atoms. The quantitative estimate of drug-likeness (QED) is 0.114. The first-order chi connectivity index (χ1) is 23.4. The Morgan fingerprint density at radius 1 is 0.529 bits per heavy atom. The molecular formula is C30H3Cl5F13N3. The molecule has 0 heterocycles. The average Bonchev–Trinajstić information content (AvgIpc) is 3.75.